The molecule has 1 aliphatic rings. The molecule has 0 radical (unpaired) electrons. The Kier molecular flexibility index (Phi) is 5.93. The average molecular weight is 394 g/mol. The molecule has 3 aromatic rings. The van der Waals surface area contributed by atoms with Crippen molar-refractivity contribution in [3.05, 3.63) is 65.0 Å². The molecule has 1 fully saturated rings. The quantitative estimate of drug-likeness (QED) is 0.666. The monoisotopic (exact) mass is 393 g/mol. The number of hydrogen-bond acceptors (Lipinski definition) is 4. The number of nitrogens with zero attached hydrogens (tertiary/aromatic N) is 2. The molecule has 28 heavy (non-hydrogen) atoms. The van der Waals surface area contributed by atoms with Crippen molar-refractivity contribution in [2.75, 3.05) is 37.6 Å². The fourth-order valence-electron chi connectivity index (χ4n) is 3.89. The minimum Gasteiger partial charge on any atom is -0.370 e. The van der Waals surface area contributed by atoms with E-state index in [2.05, 4.69) is 64.4 Å². The summed E-state index contributed by atoms with van der Waals surface area (Å²) in [4.78, 5) is 17.4. The average Bonchev–Trinajstić information content (AvgIpc) is 3.15. The van der Waals surface area contributed by atoms with E-state index in [0.717, 1.165) is 45.6 Å². The Morgan fingerprint density at radius 2 is 1.75 bits per heavy atom. The summed E-state index contributed by atoms with van der Waals surface area (Å²) in [6.45, 7) is 5.43. The highest BCUT2D eigenvalue weighted by Crippen LogP contribution is 2.34. The van der Waals surface area contributed by atoms with Gasteiger partial charge in [0.15, 0.2) is 0 Å². The summed E-state index contributed by atoms with van der Waals surface area (Å²) in [5.41, 5.74) is 8.04. The van der Waals surface area contributed by atoms with Crippen LogP contribution in [0.25, 0.3) is 10.1 Å². The first kappa shape index (κ1) is 19.0. The number of hydrogen-bond donors (Lipinski definition) is 1. The lowest BCUT2D eigenvalue weighted by atomic mass is 10.1. The number of nitrogens with two attached hydrogens (primary N) is 1. The molecule has 1 aliphatic heterocycles. The lowest BCUT2D eigenvalue weighted by molar-refractivity contribution is -0.117. The lowest BCUT2D eigenvalue weighted by Gasteiger charge is -2.36. The van der Waals surface area contributed by atoms with Crippen molar-refractivity contribution in [1.82, 2.24) is 4.90 Å². The first-order chi connectivity index (χ1) is 13.7. The number of aryl methyl sites for hydroxylation is 1. The molecule has 1 saturated heterocycles. The number of carbonyl (C=O) groups excluding carboxylic acids is 1. The highest BCUT2D eigenvalue weighted by Gasteiger charge is 2.19. The van der Waals surface area contributed by atoms with Gasteiger partial charge < -0.3 is 10.6 Å². The molecule has 1 amide bonds. The number of anilines is 1. The summed E-state index contributed by atoms with van der Waals surface area (Å²) >= 11 is 1.78. The molecular weight excluding hydrogens is 366 g/mol. The van der Waals surface area contributed by atoms with Crippen LogP contribution < -0.4 is 10.6 Å². The van der Waals surface area contributed by atoms with E-state index < -0.39 is 0 Å². The van der Waals surface area contributed by atoms with E-state index in [1.807, 2.05) is 0 Å². The van der Waals surface area contributed by atoms with Gasteiger partial charge in [0.1, 0.15) is 0 Å². The van der Waals surface area contributed by atoms with Gasteiger partial charge in [-0.1, -0.05) is 36.4 Å². The molecule has 0 atom stereocenters. The second kappa shape index (κ2) is 8.76. The Morgan fingerprint density at radius 1 is 0.964 bits per heavy atom. The maximum atomic E-state index is 11.1. The number of thiophene rings is 1. The predicted octanol–water partition coefficient (Wildman–Crippen LogP) is 3.68. The number of amides is 1. The van der Waals surface area contributed by atoms with Crippen molar-refractivity contribution in [2.45, 2.75) is 19.3 Å². The number of piperazine rings is 1. The molecule has 0 saturated carbocycles. The second-order valence-electron chi connectivity index (χ2n) is 7.43. The Balaban J connectivity index is 1.38. The summed E-state index contributed by atoms with van der Waals surface area (Å²) in [5.74, 6) is -0.232. The molecule has 0 spiro atoms. The standard InChI is InChI=1S/C23H27N3OS/c24-23(27)10-9-19-17-20-21(7-4-8-22(20)28-19)26-15-13-25(14-16-26)12-11-18-5-2-1-3-6-18/h1-8,17H,9-16H2,(H2,24,27). The van der Waals surface area contributed by atoms with Gasteiger partial charge in [-0.25, -0.2) is 0 Å². The van der Waals surface area contributed by atoms with Gasteiger partial charge >= 0.3 is 0 Å². The van der Waals surface area contributed by atoms with Crippen LogP contribution in [0.3, 0.4) is 0 Å². The van der Waals surface area contributed by atoms with Crippen LogP contribution in [0.2, 0.25) is 0 Å². The fraction of sp³-hybridized carbons (Fsp3) is 0.348. The van der Waals surface area contributed by atoms with Crippen LogP contribution in [0.15, 0.2) is 54.6 Å². The van der Waals surface area contributed by atoms with Gasteiger partial charge in [0.05, 0.1) is 0 Å². The first-order valence-electron chi connectivity index (χ1n) is 10.00. The third-order valence-electron chi connectivity index (χ3n) is 5.48. The summed E-state index contributed by atoms with van der Waals surface area (Å²) in [5, 5.41) is 1.31. The Labute approximate surface area is 170 Å². The van der Waals surface area contributed by atoms with Crippen molar-refractivity contribution in [3.63, 3.8) is 0 Å². The largest absolute Gasteiger partial charge is 0.370 e. The number of rotatable bonds is 7. The molecule has 2 aromatic carbocycles. The van der Waals surface area contributed by atoms with Crippen LogP contribution >= 0.6 is 11.3 Å². The van der Waals surface area contributed by atoms with E-state index in [9.17, 15) is 4.79 Å². The third kappa shape index (κ3) is 4.54. The minimum absolute atomic E-state index is 0.232. The fourth-order valence-corrected chi connectivity index (χ4v) is 4.97. The van der Waals surface area contributed by atoms with Crippen molar-refractivity contribution in [1.29, 1.82) is 0 Å². The normalized spacial score (nSPS) is 15.2. The van der Waals surface area contributed by atoms with Gasteiger partial charge in [0, 0.05) is 59.8 Å². The minimum atomic E-state index is -0.232. The summed E-state index contributed by atoms with van der Waals surface area (Å²) < 4.78 is 1.29. The lowest BCUT2D eigenvalue weighted by Crippen LogP contribution is -2.47. The predicted molar refractivity (Wildman–Crippen MR) is 118 cm³/mol. The third-order valence-corrected chi connectivity index (χ3v) is 6.64. The first-order valence-corrected chi connectivity index (χ1v) is 10.8. The van der Waals surface area contributed by atoms with E-state index in [1.54, 1.807) is 11.3 Å². The zero-order valence-corrected chi connectivity index (χ0v) is 17.0. The molecule has 1 aromatic heterocycles. The number of primary amides is 1. The van der Waals surface area contributed by atoms with Crippen molar-refractivity contribution in [3.8, 4) is 0 Å². The molecule has 4 nitrogen and oxygen atoms in total. The molecule has 146 valence electrons. The van der Waals surface area contributed by atoms with E-state index in [0.29, 0.717) is 6.42 Å². The van der Waals surface area contributed by atoms with Gasteiger partial charge in [-0.3, -0.25) is 9.69 Å². The van der Waals surface area contributed by atoms with Gasteiger partial charge in [-0.2, -0.15) is 0 Å². The SMILES string of the molecule is NC(=O)CCc1cc2c(N3CCN(CCc4ccccc4)CC3)cccc2s1. The van der Waals surface area contributed by atoms with Crippen LogP contribution in [0.5, 0.6) is 0 Å². The van der Waals surface area contributed by atoms with Crippen LogP contribution in [-0.2, 0) is 17.6 Å². The highest BCUT2D eigenvalue weighted by molar-refractivity contribution is 7.19. The Hall–Kier alpha value is -2.37. The van der Waals surface area contributed by atoms with E-state index in [4.69, 9.17) is 5.73 Å². The topological polar surface area (TPSA) is 49.6 Å². The molecule has 4 rings (SSSR count). The van der Waals surface area contributed by atoms with E-state index in [-0.39, 0.29) is 5.91 Å². The molecule has 0 bridgehead atoms. The summed E-state index contributed by atoms with van der Waals surface area (Å²) in [7, 11) is 0. The zero-order valence-electron chi connectivity index (χ0n) is 16.1. The van der Waals surface area contributed by atoms with Crippen molar-refractivity contribution in [2.24, 2.45) is 5.73 Å². The maximum absolute atomic E-state index is 11.1. The maximum Gasteiger partial charge on any atom is 0.217 e. The molecule has 5 heteroatoms. The van der Waals surface area contributed by atoms with Crippen molar-refractivity contribution >= 4 is 33.0 Å². The zero-order chi connectivity index (χ0) is 19.3. The molecule has 2 heterocycles. The van der Waals surface area contributed by atoms with E-state index >= 15 is 0 Å². The summed E-state index contributed by atoms with van der Waals surface area (Å²) in [6, 6.07) is 19.5. The molecule has 2 N–H and O–H groups in total. The number of benzene rings is 2. The van der Waals surface area contributed by atoms with E-state index in [1.165, 1.54) is 26.2 Å². The van der Waals surface area contributed by atoms with Crippen LogP contribution in [0.1, 0.15) is 16.9 Å². The molecular formula is C23H27N3OS. The number of fused-ring (bicyclic) bond motifs is 1. The molecule has 0 unspecified atom stereocenters. The smallest absolute Gasteiger partial charge is 0.217 e. The van der Waals surface area contributed by atoms with Gasteiger partial charge in [-0.15, -0.1) is 11.3 Å². The van der Waals surface area contributed by atoms with Crippen LogP contribution in [-0.4, -0.2) is 43.5 Å². The van der Waals surface area contributed by atoms with Gasteiger partial charge in [-0.05, 0) is 36.6 Å². The Bertz CT molecular complexity index is 929. The van der Waals surface area contributed by atoms with Crippen LogP contribution in [0.4, 0.5) is 5.69 Å². The van der Waals surface area contributed by atoms with Gasteiger partial charge in [0.2, 0.25) is 5.91 Å². The van der Waals surface area contributed by atoms with Crippen molar-refractivity contribution < 1.29 is 4.79 Å². The number of carbonyl (C=O) groups is 1. The summed E-state index contributed by atoms with van der Waals surface area (Å²) in [6.07, 6.45) is 2.27. The Morgan fingerprint density at radius 3 is 2.50 bits per heavy atom. The molecule has 0 aliphatic carbocycles. The van der Waals surface area contributed by atoms with Gasteiger partial charge in [0.25, 0.3) is 0 Å². The highest BCUT2D eigenvalue weighted by atomic mass is 32.1. The second-order valence-corrected chi connectivity index (χ2v) is 8.60. The van der Waals surface area contributed by atoms with Crippen LogP contribution in [0, 0.1) is 0 Å².